The Hall–Kier alpha value is -2.75. The number of likely N-dealkylation sites (N-methyl/N-ethyl adjacent to an activating group) is 1. The average molecular weight is 430 g/mol. The number of carbonyl (C=O) groups excluding carboxylic acids is 1. The van der Waals surface area contributed by atoms with Crippen LogP contribution in [0.5, 0.6) is 5.75 Å². The SMILES string of the molecule is Cc1ccc(S(=O)(=O)N(C)c2ccc(OCC(=O)N(C)CC(F)(F)F)cc2)cc1. The highest BCUT2D eigenvalue weighted by atomic mass is 32.2. The van der Waals surface area contributed by atoms with E-state index < -0.39 is 35.3 Å². The van der Waals surface area contributed by atoms with Gasteiger partial charge >= 0.3 is 6.18 Å². The van der Waals surface area contributed by atoms with Gasteiger partial charge in [0.15, 0.2) is 6.61 Å². The van der Waals surface area contributed by atoms with Crippen LogP contribution in [0.3, 0.4) is 0 Å². The first kappa shape index (κ1) is 22.5. The summed E-state index contributed by atoms with van der Waals surface area (Å²) in [5, 5.41) is 0. The average Bonchev–Trinajstić information content (AvgIpc) is 2.65. The summed E-state index contributed by atoms with van der Waals surface area (Å²) in [7, 11) is -1.31. The minimum Gasteiger partial charge on any atom is -0.484 e. The standard InChI is InChI=1S/C19H21F3N2O4S/c1-14-4-10-17(11-5-14)29(26,27)24(3)15-6-8-16(9-7-15)28-12-18(25)23(2)13-19(20,21)22/h4-11H,12-13H2,1-3H3. The molecular weight excluding hydrogens is 409 g/mol. The Morgan fingerprint density at radius 1 is 1.00 bits per heavy atom. The number of ether oxygens (including phenoxy) is 1. The van der Waals surface area contributed by atoms with Crippen LogP contribution in [0.15, 0.2) is 53.4 Å². The molecule has 2 aromatic carbocycles. The maximum absolute atomic E-state index is 12.7. The van der Waals surface area contributed by atoms with Crippen molar-refractivity contribution in [1.82, 2.24) is 4.90 Å². The topological polar surface area (TPSA) is 66.9 Å². The Kier molecular flexibility index (Phi) is 6.78. The summed E-state index contributed by atoms with van der Waals surface area (Å²) in [6, 6.07) is 12.3. The third kappa shape index (κ3) is 6.11. The first-order valence-electron chi connectivity index (χ1n) is 8.49. The molecule has 2 rings (SSSR count). The molecule has 6 nitrogen and oxygen atoms in total. The van der Waals surface area contributed by atoms with Crippen molar-refractivity contribution in [3.63, 3.8) is 0 Å². The minimum absolute atomic E-state index is 0.143. The van der Waals surface area contributed by atoms with E-state index in [9.17, 15) is 26.4 Å². The number of alkyl halides is 3. The number of amides is 1. The summed E-state index contributed by atoms with van der Waals surface area (Å²) in [6.07, 6.45) is -4.49. The lowest BCUT2D eigenvalue weighted by atomic mass is 10.2. The monoisotopic (exact) mass is 430 g/mol. The molecule has 0 unspecified atom stereocenters. The number of nitrogens with zero attached hydrogens (tertiary/aromatic N) is 2. The maximum atomic E-state index is 12.7. The molecule has 0 aliphatic carbocycles. The molecule has 10 heteroatoms. The molecule has 0 heterocycles. The fraction of sp³-hybridized carbons (Fsp3) is 0.316. The van der Waals surface area contributed by atoms with E-state index in [2.05, 4.69) is 0 Å². The van der Waals surface area contributed by atoms with Gasteiger partial charge in [-0.1, -0.05) is 17.7 Å². The maximum Gasteiger partial charge on any atom is 0.406 e. The molecule has 0 saturated carbocycles. The van der Waals surface area contributed by atoms with Crippen LogP contribution in [-0.4, -0.2) is 52.6 Å². The van der Waals surface area contributed by atoms with Crippen molar-refractivity contribution in [3.8, 4) is 5.75 Å². The second-order valence-electron chi connectivity index (χ2n) is 6.43. The quantitative estimate of drug-likeness (QED) is 0.677. The van der Waals surface area contributed by atoms with Gasteiger partial charge in [0.2, 0.25) is 0 Å². The van der Waals surface area contributed by atoms with E-state index in [1.165, 1.54) is 43.4 Å². The molecule has 0 aliphatic rings. The molecule has 0 spiro atoms. The van der Waals surface area contributed by atoms with Crippen LogP contribution in [-0.2, 0) is 14.8 Å². The summed E-state index contributed by atoms with van der Waals surface area (Å²) >= 11 is 0. The number of hydrogen-bond acceptors (Lipinski definition) is 4. The normalized spacial score (nSPS) is 11.8. The van der Waals surface area contributed by atoms with Gasteiger partial charge in [-0.2, -0.15) is 13.2 Å². The summed E-state index contributed by atoms with van der Waals surface area (Å²) < 4.78 is 68.6. The molecule has 29 heavy (non-hydrogen) atoms. The highest BCUT2D eigenvalue weighted by molar-refractivity contribution is 7.92. The number of aryl methyl sites for hydroxylation is 1. The Morgan fingerprint density at radius 2 is 1.55 bits per heavy atom. The Bertz CT molecular complexity index is 943. The predicted octanol–water partition coefficient (Wildman–Crippen LogP) is 3.22. The molecule has 0 aliphatic heterocycles. The van der Waals surface area contributed by atoms with Gasteiger partial charge in [-0.25, -0.2) is 8.42 Å². The van der Waals surface area contributed by atoms with E-state index in [0.29, 0.717) is 10.6 Å². The zero-order valence-corrected chi connectivity index (χ0v) is 16.9. The van der Waals surface area contributed by atoms with Crippen molar-refractivity contribution in [1.29, 1.82) is 0 Å². The molecule has 1 amide bonds. The minimum atomic E-state index is -4.49. The number of benzene rings is 2. The van der Waals surface area contributed by atoms with Gasteiger partial charge in [0.25, 0.3) is 15.9 Å². The molecule has 158 valence electrons. The van der Waals surface area contributed by atoms with Crippen LogP contribution in [0.4, 0.5) is 18.9 Å². The Labute approximate surface area is 167 Å². The fourth-order valence-electron chi connectivity index (χ4n) is 2.37. The second kappa shape index (κ2) is 8.73. The highest BCUT2D eigenvalue weighted by Gasteiger charge is 2.31. The number of hydrogen-bond donors (Lipinski definition) is 0. The largest absolute Gasteiger partial charge is 0.484 e. The predicted molar refractivity (Wildman–Crippen MR) is 102 cm³/mol. The van der Waals surface area contributed by atoms with E-state index in [-0.39, 0.29) is 10.6 Å². The van der Waals surface area contributed by atoms with Crippen molar-refractivity contribution >= 4 is 21.6 Å². The van der Waals surface area contributed by atoms with Crippen LogP contribution >= 0.6 is 0 Å². The molecule has 2 aromatic rings. The summed E-state index contributed by atoms with van der Waals surface area (Å²) in [4.78, 5) is 12.4. The van der Waals surface area contributed by atoms with Crippen molar-refractivity contribution in [3.05, 3.63) is 54.1 Å². The summed E-state index contributed by atoms with van der Waals surface area (Å²) in [5.74, 6) is -0.603. The third-order valence-electron chi connectivity index (χ3n) is 4.08. The molecule has 0 bridgehead atoms. The van der Waals surface area contributed by atoms with E-state index in [1.807, 2.05) is 6.92 Å². The van der Waals surface area contributed by atoms with Crippen molar-refractivity contribution in [2.24, 2.45) is 0 Å². The molecule has 0 fully saturated rings. The van der Waals surface area contributed by atoms with Gasteiger partial charge in [0, 0.05) is 14.1 Å². The number of rotatable bonds is 7. The Morgan fingerprint density at radius 3 is 2.07 bits per heavy atom. The smallest absolute Gasteiger partial charge is 0.406 e. The number of anilines is 1. The fourth-order valence-corrected chi connectivity index (χ4v) is 3.57. The Balaban J connectivity index is 2.02. The molecule has 0 N–H and O–H groups in total. The van der Waals surface area contributed by atoms with Crippen LogP contribution in [0.25, 0.3) is 0 Å². The van der Waals surface area contributed by atoms with Crippen LogP contribution in [0.2, 0.25) is 0 Å². The van der Waals surface area contributed by atoms with E-state index >= 15 is 0 Å². The first-order chi connectivity index (χ1) is 13.4. The number of carbonyl (C=O) groups is 1. The van der Waals surface area contributed by atoms with Gasteiger partial charge < -0.3 is 9.64 Å². The molecule has 0 saturated heterocycles. The molecule has 0 radical (unpaired) electrons. The molecule has 0 atom stereocenters. The van der Waals surface area contributed by atoms with Crippen LogP contribution in [0.1, 0.15) is 5.56 Å². The van der Waals surface area contributed by atoms with Gasteiger partial charge in [-0.3, -0.25) is 9.10 Å². The summed E-state index contributed by atoms with van der Waals surface area (Å²) in [6.45, 7) is -0.0797. The van der Waals surface area contributed by atoms with Crippen molar-refractivity contribution in [2.75, 3.05) is 31.6 Å². The van der Waals surface area contributed by atoms with Crippen molar-refractivity contribution in [2.45, 2.75) is 18.0 Å². The van der Waals surface area contributed by atoms with Gasteiger partial charge in [-0.05, 0) is 43.3 Å². The zero-order valence-electron chi connectivity index (χ0n) is 16.1. The van der Waals surface area contributed by atoms with Crippen molar-refractivity contribution < 1.29 is 31.1 Å². The number of sulfonamides is 1. The van der Waals surface area contributed by atoms with E-state index in [4.69, 9.17) is 4.74 Å². The van der Waals surface area contributed by atoms with Gasteiger partial charge in [-0.15, -0.1) is 0 Å². The van der Waals surface area contributed by atoms with Crippen LogP contribution < -0.4 is 9.04 Å². The van der Waals surface area contributed by atoms with Gasteiger partial charge in [0.05, 0.1) is 10.6 Å². The van der Waals surface area contributed by atoms with E-state index in [0.717, 1.165) is 16.9 Å². The molecular formula is C19H21F3N2O4S. The lowest BCUT2D eigenvalue weighted by Gasteiger charge is -2.20. The zero-order chi connectivity index (χ0) is 21.8. The lowest BCUT2D eigenvalue weighted by Crippen LogP contribution is -2.38. The second-order valence-corrected chi connectivity index (χ2v) is 8.40. The highest BCUT2D eigenvalue weighted by Crippen LogP contribution is 2.24. The lowest BCUT2D eigenvalue weighted by molar-refractivity contribution is -0.159. The van der Waals surface area contributed by atoms with Crippen LogP contribution in [0, 0.1) is 6.92 Å². The first-order valence-corrected chi connectivity index (χ1v) is 9.93. The van der Waals surface area contributed by atoms with Gasteiger partial charge in [0.1, 0.15) is 12.3 Å². The van der Waals surface area contributed by atoms with E-state index in [1.54, 1.807) is 12.1 Å². The summed E-state index contributed by atoms with van der Waals surface area (Å²) in [5.41, 5.74) is 1.29. The molecule has 0 aromatic heterocycles. The third-order valence-corrected chi connectivity index (χ3v) is 5.88. The number of halogens is 3.